The van der Waals surface area contributed by atoms with Gasteiger partial charge in [0.1, 0.15) is 5.82 Å². The molecule has 1 N–H and O–H groups in total. The standard InChI is InChI=1S/C14H17FN4O/c1-8(2)20-14-18-12(17-13(16-4)19-14)10-5-6-11(15)9(3)7-10/h5-8H,1-4H3,(H,16,17,18,19). The average Bonchev–Trinajstić information content (AvgIpc) is 2.40. The highest BCUT2D eigenvalue weighted by molar-refractivity contribution is 5.57. The third-order valence-electron chi connectivity index (χ3n) is 2.60. The lowest BCUT2D eigenvalue weighted by Crippen LogP contribution is -2.11. The van der Waals surface area contributed by atoms with Crippen molar-refractivity contribution in [2.24, 2.45) is 0 Å². The highest BCUT2D eigenvalue weighted by Gasteiger charge is 2.11. The van der Waals surface area contributed by atoms with Crippen LogP contribution in [0.5, 0.6) is 6.01 Å². The Morgan fingerprint density at radius 3 is 2.55 bits per heavy atom. The lowest BCUT2D eigenvalue weighted by atomic mass is 10.1. The SMILES string of the molecule is CNc1nc(OC(C)C)nc(-c2ccc(F)c(C)c2)n1. The van der Waals surface area contributed by atoms with Crippen LogP contribution >= 0.6 is 0 Å². The molecule has 20 heavy (non-hydrogen) atoms. The molecule has 1 aromatic carbocycles. The van der Waals surface area contributed by atoms with E-state index < -0.39 is 0 Å². The molecule has 0 bridgehead atoms. The summed E-state index contributed by atoms with van der Waals surface area (Å²) < 4.78 is 18.8. The number of ether oxygens (including phenoxy) is 1. The number of anilines is 1. The lowest BCUT2D eigenvalue weighted by Gasteiger charge is -2.10. The number of hydrogen-bond donors (Lipinski definition) is 1. The van der Waals surface area contributed by atoms with Gasteiger partial charge in [-0.25, -0.2) is 4.39 Å². The molecule has 0 amide bonds. The second kappa shape index (κ2) is 5.81. The van der Waals surface area contributed by atoms with E-state index in [9.17, 15) is 4.39 Å². The van der Waals surface area contributed by atoms with Gasteiger partial charge in [0.15, 0.2) is 5.82 Å². The Morgan fingerprint density at radius 2 is 1.95 bits per heavy atom. The first-order chi connectivity index (χ1) is 9.49. The summed E-state index contributed by atoms with van der Waals surface area (Å²) in [6, 6.07) is 4.98. The molecule has 0 saturated heterocycles. The lowest BCUT2D eigenvalue weighted by molar-refractivity contribution is 0.222. The topological polar surface area (TPSA) is 59.9 Å². The minimum atomic E-state index is -0.254. The van der Waals surface area contributed by atoms with Crippen LogP contribution in [0, 0.1) is 12.7 Å². The molecule has 2 rings (SSSR count). The molecule has 0 atom stereocenters. The van der Waals surface area contributed by atoms with Gasteiger partial charge < -0.3 is 10.1 Å². The molecule has 5 nitrogen and oxygen atoms in total. The van der Waals surface area contributed by atoms with Crippen LogP contribution in [0.2, 0.25) is 0 Å². The van der Waals surface area contributed by atoms with Crippen molar-refractivity contribution < 1.29 is 9.13 Å². The number of benzene rings is 1. The Kier molecular flexibility index (Phi) is 4.12. The summed E-state index contributed by atoms with van der Waals surface area (Å²) in [6.45, 7) is 5.49. The first kappa shape index (κ1) is 14.2. The molecule has 0 spiro atoms. The molecule has 1 aromatic heterocycles. The zero-order valence-electron chi connectivity index (χ0n) is 11.9. The molecule has 106 valence electrons. The van der Waals surface area contributed by atoms with E-state index in [0.717, 1.165) is 5.56 Å². The monoisotopic (exact) mass is 276 g/mol. The minimum Gasteiger partial charge on any atom is -0.461 e. The number of nitrogens with one attached hydrogen (secondary N) is 1. The summed E-state index contributed by atoms with van der Waals surface area (Å²) in [5.74, 6) is 0.603. The molecule has 0 aliphatic rings. The largest absolute Gasteiger partial charge is 0.461 e. The van der Waals surface area contributed by atoms with E-state index in [1.165, 1.54) is 6.07 Å². The summed E-state index contributed by atoms with van der Waals surface area (Å²) >= 11 is 0. The van der Waals surface area contributed by atoms with Crippen molar-refractivity contribution in [3.05, 3.63) is 29.6 Å². The normalized spacial score (nSPS) is 10.7. The molecule has 6 heteroatoms. The zero-order valence-corrected chi connectivity index (χ0v) is 11.9. The van der Waals surface area contributed by atoms with Gasteiger partial charge in [0.25, 0.3) is 0 Å². The molecule has 0 aliphatic carbocycles. The number of aromatic nitrogens is 3. The molecular weight excluding hydrogens is 259 g/mol. The van der Waals surface area contributed by atoms with Crippen molar-refractivity contribution >= 4 is 5.95 Å². The van der Waals surface area contributed by atoms with E-state index in [-0.39, 0.29) is 17.9 Å². The van der Waals surface area contributed by atoms with Gasteiger partial charge >= 0.3 is 6.01 Å². The van der Waals surface area contributed by atoms with E-state index in [2.05, 4.69) is 20.3 Å². The minimum absolute atomic E-state index is 0.0371. The van der Waals surface area contributed by atoms with Crippen molar-refractivity contribution in [1.82, 2.24) is 15.0 Å². The Morgan fingerprint density at radius 1 is 1.20 bits per heavy atom. The van der Waals surface area contributed by atoms with Crippen molar-refractivity contribution in [3.63, 3.8) is 0 Å². The fourth-order valence-corrected chi connectivity index (χ4v) is 1.64. The van der Waals surface area contributed by atoms with E-state index in [0.29, 0.717) is 17.3 Å². The fourth-order valence-electron chi connectivity index (χ4n) is 1.64. The Balaban J connectivity index is 2.46. The van der Waals surface area contributed by atoms with Crippen LogP contribution in [0.4, 0.5) is 10.3 Å². The maximum atomic E-state index is 13.3. The second-order valence-corrected chi connectivity index (χ2v) is 4.65. The maximum Gasteiger partial charge on any atom is 0.322 e. The Bertz CT molecular complexity index is 616. The van der Waals surface area contributed by atoms with E-state index in [4.69, 9.17) is 4.74 Å². The van der Waals surface area contributed by atoms with Crippen LogP contribution in [0.15, 0.2) is 18.2 Å². The summed E-state index contributed by atoms with van der Waals surface area (Å²) in [6.07, 6.45) is -0.0371. The van der Waals surface area contributed by atoms with E-state index in [1.54, 1.807) is 26.1 Å². The van der Waals surface area contributed by atoms with Gasteiger partial charge in [0.05, 0.1) is 6.10 Å². The molecule has 1 heterocycles. The number of rotatable bonds is 4. The van der Waals surface area contributed by atoms with Gasteiger partial charge in [0, 0.05) is 12.6 Å². The van der Waals surface area contributed by atoms with Gasteiger partial charge in [-0.2, -0.15) is 15.0 Å². The molecule has 0 saturated carbocycles. The molecule has 0 aliphatic heterocycles. The Labute approximate surface area is 117 Å². The molecule has 0 unspecified atom stereocenters. The number of aryl methyl sites for hydroxylation is 1. The van der Waals surface area contributed by atoms with Crippen LogP contribution < -0.4 is 10.1 Å². The van der Waals surface area contributed by atoms with E-state index in [1.807, 2.05) is 13.8 Å². The molecular formula is C14H17FN4O. The highest BCUT2D eigenvalue weighted by atomic mass is 19.1. The van der Waals surface area contributed by atoms with Crippen molar-refractivity contribution in [2.45, 2.75) is 26.9 Å². The summed E-state index contributed by atoms with van der Waals surface area (Å²) in [5, 5.41) is 2.86. The van der Waals surface area contributed by atoms with Crippen LogP contribution in [0.1, 0.15) is 19.4 Å². The average molecular weight is 276 g/mol. The number of halogens is 1. The number of nitrogens with zero attached hydrogens (tertiary/aromatic N) is 3. The predicted molar refractivity (Wildman–Crippen MR) is 75.3 cm³/mol. The van der Waals surface area contributed by atoms with Gasteiger partial charge in [-0.3, -0.25) is 0 Å². The highest BCUT2D eigenvalue weighted by Crippen LogP contribution is 2.21. The molecule has 0 radical (unpaired) electrons. The summed E-state index contributed by atoms with van der Waals surface area (Å²) in [7, 11) is 1.72. The van der Waals surface area contributed by atoms with Gasteiger partial charge in [-0.1, -0.05) is 0 Å². The molecule has 2 aromatic rings. The number of hydrogen-bond acceptors (Lipinski definition) is 5. The smallest absolute Gasteiger partial charge is 0.322 e. The van der Waals surface area contributed by atoms with E-state index >= 15 is 0 Å². The van der Waals surface area contributed by atoms with Crippen molar-refractivity contribution in [2.75, 3.05) is 12.4 Å². The maximum absolute atomic E-state index is 13.3. The molecule has 0 fully saturated rings. The zero-order chi connectivity index (χ0) is 14.7. The van der Waals surface area contributed by atoms with Crippen LogP contribution in [0.3, 0.4) is 0 Å². The first-order valence-corrected chi connectivity index (χ1v) is 6.36. The second-order valence-electron chi connectivity index (χ2n) is 4.65. The summed E-state index contributed by atoms with van der Waals surface area (Å²) in [5.41, 5.74) is 1.26. The van der Waals surface area contributed by atoms with Crippen LogP contribution in [-0.4, -0.2) is 28.1 Å². The van der Waals surface area contributed by atoms with Gasteiger partial charge in [0.2, 0.25) is 5.95 Å². The fraction of sp³-hybridized carbons (Fsp3) is 0.357. The summed E-state index contributed by atoms with van der Waals surface area (Å²) in [4.78, 5) is 12.6. The van der Waals surface area contributed by atoms with Gasteiger partial charge in [-0.05, 0) is 44.5 Å². The van der Waals surface area contributed by atoms with Crippen molar-refractivity contribution in [1.29, 1.82) is 0 Å². The predicted octanol–water partition coefficient (Wildman–Crippen LogP) is 2.82. The third kappa shape index (κ3) is 3.20. The van der Waals surface area contributed by atoms with Crippen LogP contribution in [0.25, 0.3) is 11.4 Å². The quantitative estimate of drug-likeness (QED) is 0.930. The van der Waals surface area contributed by atoms with Crippen LogP contribution in [-0.2, 0) is 0 Å². The third-order valence-corrected chi connectivity index (χ3v) is 2.60. The Hall–Kier alpha value is -2.24. The van der Waals surface area contributed by atoms with Crippen molar-refractivity contribution in [3.8, 4) is 17.4 Å². The first-order valence-electron chi connectivity index (χ1n) is 6.36. The van der Waals surface area contributed by atoms with Gasteiger partial charge in [-0.15, -0.1) is 0 Å².